The van der Waals surface area contributed by atoms with Crippen molar-refractivity contribution in [2.45, 2.75) is 18.4 Å². The number of hydrogen-bond acceptors (Lipinski definition) is 4. The van der Waals surface area contributed by atoms with Crippen LogP contribution in [0, 0.1) is 5.92 Å². The van der Waals surface area contributed by atoms with E-state index in [0.717, 1.165) is 22.0 Å². The fourth-order valence-corrected chi connectivity index (χ4v) is 4.58. The van der Waals surface area contributed by atoms with Crippen molar-refractivity contribution in [1.82, 2.24) is 0 Å². The molecule has 0 spiro atoms. The average molecular weight is 428 g/mol. The number of carbonyl (C=O) groups excluding carboxylic acids is 1. The van der Waals surface area contributed by atoms with Gasteiger partial charge in [0.25, 0.3) is 0 Å². The first-order valence-electron chi connectivity index (χ1n) is 8.68. The molecule has 0 saturated carbocycles. The SMILES string of the molecule is COC(=O)c1ccc([C@@H]2Nc3c(C(=O)O)cc(Br)cc3[C@@H]3C=CC[C@@H]32)cc1. The lowest BCUT2D eigenvalue weighted by Crippen LogP contribution is -2.30. The fraction of sp³-hybridized carbons (Fsp3) is 0.238. The van der Waals surface area contributed by atoms with Gasteiger partial charge in [-0.1, -0.05) is 40.2 Å². The summed E-state index contributed by atoms with van der Waals surface area (Å²) in [5.41, 5.74) is 3.44. The number of anilines is 1. The monoisotopic (exact) mass is 427 g/mol. The minimum atomic E-state index is -0.958. The topological polar surface area (TPSA) is 75.6 Å². The van der Waals surface area contributed by atoms with Crippen molar-refractivity contribution in [3.63, 3.8) is 0 Å². The zero-order valence-electron chi connectivity index (χ0n) is 14.6. The molecule has 2 N–H and O–H groups in total. The zero-order chi connectivity index (χ0) is 19.1. The molecule has 2 aliphatic rings. The second-order valence-corrected chi connectivity index (χ2v) is 7.73. The normalized spacial score (nSPS) is 22.5. The number of nitrogens with one attached hydrogen (secondary N) is 1. The van der Waals surface area contributed by atoms with Gasteiger partial charge in [0.1, 0.15) is 0 Å². The van der Waals surface area contributed by atoms with Gasteiger partial charge in [-0.2, -0.15) is 0 Å². The van der Waals surface area contributed by atoms with E-state index in [1.807, 2.05) is 18.2 Å². The van der Waals surface area contributed by atoms with Crippen LogP contribution in [0.1, 0.15) is 50.2 Å². The van der Waals surface area contributed by atoms with Crippen molar-refractivity contribution >= 4 is 33.6 Å². The lowest BCUT2D eigenvalue weighted by Gasteiger charge is -2.38. The number of rotatable bonds is 3. The summed E-state index contributed by atoms with van der Waals surface area (Å²) in [6.45, 7) is 0. The summed E-state index contributed by atoms with van der Waals surface area (Å²) in [6, 6.07) is 10.9. The number of hydrogen-bond donors (Lipinski definition) is 2. The molecule has 6 heteroatoms. The number of carbonyl (C=O) groups is 2. The first-order chi connectivity index (χ1) is 13.0. The van der Waals surface area contributed by atoms with Gasteiger partial charge in [0.2, 0.25) is 0 Å². The van der Waals surface area contributed by atoms with Crippen LogP contribution in [0.4, 0.5) is 5.69 Å². The minimum absolute atomic E-state index is 0.0385. The second kappa shape index (κ2) is 6.85. The van der Waals surface area contributed by atoms with E-state index in [-0.39, 0.29) is 29.4 Å². The van der Waals surface area contributed by atoms with Crippen LogP contribution >= 0.6 is 15.9 Å². The summed E-state index contributed by atoms with van der Waals surface area (Å²) in [6.07, 6.45) is 5.23. The maximum Gasteiger partial charge on any atom is 0.337 e. The van der Waals surface area contributed by atoms with Gasteiger partial charge in [-0.3, -0.25) is 0 Å². The van der Waals surface area contributed by atoms with Gasteiger partial charge in [-0.05, 0) is 47.7 Å². The number of carboxylic acid groups (broad SMARTS) is 1. The van der Waals surface area contributed by atoms with E-state index < -0.39 is 5.97 Å². The van der Waals surface area contributed by atoms with Crippen LogP contribution in [0.5, 0.6) is 0 Å². The summed E-state index contributed by atoms with van der Waals surface area (Å²) < 4.78 is 5.52. The molecule has 0 saturated heterocycles. The highest BCUT2D eigenvalue weighted by Gasteiger charge is 2.39. The smallest absolute Gasteiger partial charge is 0.337 e. The molecular formula is C21H18BrNO4. The van der Waals surface area contributed by atoms with Crippen molar-refractivity contribution in [3.8, 4) is 0 Å². The third-order valence-corrected chi connectivity index (χ3v) is 5.81. The van der Waals surface area contributed by atoms with Gasteiger partial charge in [0.15, 0.2) is 0 Å². The number of ether oxygens (including phenoxy) is 1. The van der Waals surface area contributed by atoms with Crippen LogP contribution in [-0.4, -0.2) is 24.2 Å². The van der Waals surface area contributed by atoms with Crippen molar-refractivity contribution in [3.05, 3.63) is 75.3 Å². The Morgan fingerprint density at radius 1 is 1.22 bits per heavy atom. The lowest BCUT2D eigenvalue weighted by molar-refractivity contribution is 0.0599. The molecule has 0 amide bonds. The van der Waals surface area contributed by atoms with E-state index >= 15 is 0 Å². The molecule has 27 heavy (non-hydrogen) atoms. The zero-order valence-corrected chi connectivity index (χ0v) is 16.2. The highest BCUT2D eigenvalue weighted by Crippen LogP contribution is 2.51. The standard InChI is InChI=1S/C21H18BrNO4/c1-27-21(26)12-7-5-11(6-8-12)18-15-4-2-3-14(15)16-9-13(22)10-17(20(24)25)19(16)23-18/h2-3,5-10,14-15,18,23H,4H2,1H3,(H,24,25)/t14-,15+,18+/m1/s1. The molecule has 1 aliphatic carbocycles. The maximum absolute atomic E-state index is 11.8. The highest BCUT2D eigenvalue weighted by atomic mass is 79.9. The Morgan fingerprint density at radius 2 is 1.96 bits per heavy atom. The first-order valence-corrected chi connectivity index (χ1v) is 9.47. The summed E-state index contributed by atoms with van der Waals surface area (Å²) >= 11 is 3.44. The van der Waals surface area contributed by atoms with E-state index in [1.54, 1.807) is 18.2 Å². The largest absolute Gasteiger partial charge is 0.478 e. The number of methoxy groups -OCH3 is 1. The number of halogens is 1. The molecule has 0 radical (unpaired) electrons. The Morgan fingerprint density at radius 3 is 2.63 bits per heavy atom. The molecule has 1 aliphatic heterocycles. The summed E-state index contributed by atoms with van der Waals surface area (Å²) in [7, 11) is 1.36. The number of benzene rings is 2. The molecule has 0 aromatic heterocycles. The molecular weight excluding hydrogens is 410 g/mol. The highest BCUT2D eigenvalue weighted by molar-refractivity contribution is 9.10. The molecule has 1 heterocycles. The average Bonchev–Trinajstić information content (AvgIpc) is 3.16. The minimum Gasteiger partial charge on any atom is -0.478 e. The van der Waals surface area contributed by atoms with E-state index in [0.29, 0.717) is 11.3 Å². The van der Waals surface area contributed by atoms with Crippen molar-refractivity contribution in [2.24, 2.45) is 5.92 Å². The van der Waals surface area contributed by atoms with Crippen LogP contribution < -0.4 is 5.32 Å². The predicted octanol–water partition coefficient (Wildman–Crippen LogP) is 4.76. The van der Waals surface area contributed by atoms with Crippen LogP contribution in [0.3, 0.4) is 0 Å². The third-order valence-electron chi connectivity index (χ3n) is 5.35. The van der Waals surface area contributed by atoms with Gasteiger partial charge in [0, 0.05) is 10.4 Å². The van der Waals surface area contributed by atoms with Gasteiger partial charge in [-0.25, -0.2) is 9.59 Å². The van der Waals surface area contributed by atoms with E-state index in [2.05, 4.69) is 33.4 Å². The fourth-order valence-electron chi connectivity index (χ4n) is 4.11. The van der Waals surface area contributed by atoms with Crippen LogP contribution in [0.15, 0.2) is 53.0 Å². The Balaban J connectivity index is 1.77. The molecule has 138 valence electrons. The number of esters is 1. The van der Waals surface area contributed by atoms with Crippen molar-refractivity contribution in [1.29, 1.82) is 0 Å². The molecule has 0 unspecified atom stereocenters. The number of fused-ring (bicyclic) bond motifs is 3. The molecule has 0 fully saturated rings. The molecule has 5 nitrogen and oxygen atoms in total. The Kier molecular flexibility index (Phi) is 4.52. The Bertz CT molecular complexity index is 951. The third kappa shape index (κ3) is 3.04. The van der Waals surface area contributed by atoms with Crippen molar-refractivity contribution in [2.75, 3.05) is 12.4 Å². The summed E-state index contributed by atoms with van der Waals surface area (Å²) in [5.74, 6) is -0.887. The van der Waals surface area contributed by atoms with Gasteiger partial charge in [0.05, 0.1) is 30.0 Å². The molecule has 4 rings (SSSR count). The number of carboxylic acids is 1. The van der Waals surface area contributed by atoms with Gasteiger partial charge in [-0.15, -0.1) is 0 Å². The van der Waals surface area contributed by atoms with Crippen LogP contribution in [-0.2, 0) is 4.74 Å². The molecule has 0 bridgehead atoms. The van der Waals surface area contributed by atoms with Gasteiger partial charge < -0.3 is 15.2 Å². The molecule has 3 atom stereocenters. The van der Waals surface area contributed by atoms with E-state index in [4.69, 9.17) is 4.74 Å². The maximum atomic E-state index is 11.8. The first kappa shape index (κ1) is 17.8. The molecule has 2 aromatic carbocycles. The second-order valence-electron chi connectivity index (χ2n) is 6.81. The van der Waals surface area contributed by atoms with E-state index in [1.165, 1.54) is 7.11 Å². The van der Waals surface area contributed by atoms with Gasteiger partial charge >= 0.3 is 11.9 Å². The van der Waals surface area contributed by atoms with Crippen LogP contribution in [0.25, 0.3) is 0 Å². The Labute approximate surface area is 165 Å². The van der Waals surface area contributed by atoms with E-state index in [9.17, 15) is 14.7 Å². The Hall–Kier alpha value is -2.60. The summed E-state index contributed by atoms with van der Waals surface area (Å²) in [4.78, 5) is 23.5. The lowest BCUT2D eigenvalue weighted by atomic mass is 9.76. The number of allylic oxidation sites excluding steroid dienone is 2. The summed E-state index contributed by atoms with van der Waals surface area (Å²) in [5, 5.41) is 13.1. The molecule has 2 aromatic rings. The predicted molar refractivity (Wildman–Crippen MR) is 105 cm³/mol. The quantitative estimate of drug-likeness (QED) is 0.545. The number of aromatic carboxylic acids is 1. The van der Waals surface area contributed by atoms with Crippen molar-refractivity contribution < 1.29 is 19.4 Å². The van der Waals surface area contributed by atoms with Crippen LogP contribution in [0.2, 0.25) is 0 Å².